The van der Waals surface area contributed by atoms with Crippen molar-refractivity contribution in [3.05, 3.63) is 34.9 Å². The maximum atomic E-state index is 11.0. The Labute approximate surface area is 94.8 Å². The molecule has 1 atom stereocenters. The van der Waals surface area contributed by atoms with Gasteiger partial charge in [0.05, 0.1) is 6.54 Å². The number of rotatable bonds is 4. The SMILES string of the molecule is CNC(=O)CN[C@@H](C)c1ccccc1Cl. The Morgan fingerprint density at radius 3 is 2.73 bits per heavy atom. The van der Waals surface area contributed by atoms with Crippen molar-refractivity contribution in [1.29, 1.82) is 0 Å². The largest absolute Gasteiger partial charge is 0.358 e. The lowest BCUT2D eigenvalue weighted by molar-refractivity contribution is -0.119. The first-order chi connectivity index (χ1) is 7.15. The van der Waals surface area contributed by atoms with Gasteiger partial charge in [0.15, 0.2) is 0 Å². The fourth-order valence-electron chi connectivity index (χ4n) is 1.27. The molecule has 0 aliphatic heterocycles. The highest BCUT2D eigenvalue weighted by molar-refractivity contribution is 6.31. The van der Waals surface area contributed by atoms with Gasteiger partial charge in [0.1, 0.15) is 0 Å². The molecule has 1 aromatic rings. The van der Waals surface area contributed by atoms with Gasteiger partial charge in [-0.25, -0.2) is 0 Å². The lowest BCUT2D eigenvalue weighted by Crippen LogP contribution is -2.32. The monoisotopic (exact) mass is 226 g/mol. The van der Waals surface area contributed by atoms with Crippen LogP contribution < -0.4 is 10.6 Å². The quantitative estimate of drug-likeness (QED) is 0.821. The van der Waals surface area contributed by atoms with E-state index < -0.39 is 0 Å². The minimum absolute atomic E-state index is 0.0334. The number of halogens is 1. The minimum Gasteiger partial charge on any atom is -0.358 e. The van der Waals surface area contributed by atoms with Gasteiger partial charge < -0.3 is 10.6 Å². The van der Waals surface area contributed by atoms with Crippen LogP contribution >= 0.6 is 11.6 Å². The number of hydrogen-bond acceptors (Lipinski definition) is 2. The van der Waals surface area contributed by atoms with Crippen molar-refractivity contribution in [1.82, 2.24) is 10.6 Å². The third kappa shape index (κ3) is 3.53. The summed E-state index contributed by atoms with van der Waals surface area (Å²) in [4.78, 5) is 11.0. The maximum absolute atomic E-state index is 11.0. The van der Waals surface area contributed by atoms with Gasteiger partial charge >= 0.3 is 0 Å². The predicted octanol–water partition coefficient (Wildman–Crippen LogP) is 1.74. The summed E-state index contributed by atoms with van der Waals surface area (Å²) in [5, 5.41) is 6.36. The molecular formula is C11H15ClN2O. The molecule has 0 heterocycles. The molecule has 82 valence electrons. The normalized spacial score (nSPS) is 12.2. The zero-order valence-electron chi connectivity index (χ0n) is 8.88. The van der Waals surface area contributed by atoms with Crippen LogP contribution in [-0.2, 0) is 4.79 Å². The number of hydrogen-bond donors (Lipinski definition) is 2. The summed E-state index contributed by atoms with van der Waals surface area (Å²) in [6, 6.07) is 7.67. The maximum Gasteiger partial charge on any atom is 0.233 e. The Balaban J connectivity index is 2.57. The number of nitrogens with one attached hydrogen (secondary N) is 2. The summed E-state index contributed by atoms with van der Waals surface area (Å²) in [6.45, 7) is 2.27. The van der Waals surface area contributed by atoms with Crippen molar-refractivity contribution < 1.29 is 4.79 Å². The van der Waals surface area contributed by atoms with E-state index in [0.29, 0.717) is 6.54 Å². The first-order valence-electron chi connectivity index (χ1n) is 4.83. The van der Waals surface area contributed by atoms with Crippen LogP contribution in [-0.4, -0.2) is 19.5 Å². The average molecular weight is 227 g/mol. The first-order valence-corrected chi connectivity index (χ1v) is 5.21. The molecule has 0 spiro atoms. The van der Waals surface area contributed by atoms with E-state index in [0.717, 1.165) is 10.6 Å². The zero-order chi connectivity index (χ0) is 11.3. The van der Waals surface area contributed by atoms with E-state index in [1.165, 1.54) is 0 Å². The van der Waals surface area contributed by atoms with Crippen LogP contribution in [0.3, 0.4) is 0 Å². The molecule has 1 rings (SSSR count). The molecule has 1 aromatic carbocycles. The van der Waals surface area contributed by atoms with Crippen LogP contribution in [0.2, 0.25) is 5.02 Å². The van der Waals surface area contributed by atoms with Crippen LogP contribution in [0.15, 0.2) is 24.3 Å². The third-order valence-corrected chi connectivity index (χ3v) is 2.56. The van der Waals surface area contributed by atoms with E-state index in [2.05, 4.69) is 10.6 Å². The fraction of sp³-hybridized carbons (Fsp3) is 0.364. The van der Waals surface area contributed by atoms with Gasteiger partial charge in [-0.05, 0) is 18.6 Å². The first kappa shape index (κ1) is 12.0. The van der Waals surface area contributed by atoms with E-state index in [1.54, 1.807) is 7.05 Å². The third-order valence-electron chi connectivity index (χ3n) is 2.22. The lowest BCUT2D eigenvalue weighted by Gasteiger charge is -2.14. The molecule has 0 aliphatic rings. The Morgan fingerprint density at radius 1 is 1.47 bits per heavy atom. The van der Waals surface area contributed by atoms with E-state index >= 15 is 0 Å². The highest BCUT2D eigenvalue weighted by Gasteiger charge is 2.09. The van der Waals surface area contributed by atoms with E-state index in [4.69, 9.17) is 11.6 Å². The average Bonchev–Trinajstić information content (AvgIpc) is 2.26. The van der Waals surface area contributed by atoms with Gasteiger partial charge in [-0.3, -0.25) is 4.79 Å². The van der Waals surface area contributed by atoms with Crippen molar-refractivity contribution >= 4 is 17.5 Å². The topological polar surface area (TPSA) is 41.1 Å². The Kier molecular flexibility index (Phi) is 4.59. The molecule has 0 unspecified atom stereocenters. The second-order valence-corrected chi connectivity index (χ2v) is 3.70. The molecular weight excluding hydrogens is 212 g/mol. The molecule has 15 heavy (non-hydrogen) atoms. The Morgan fingerprint density at radius 2 is 2.13 bits per heavy atom. The van der Waals surface area contributed by atoms with Crippen LogP contribution in [0.5, 0.6) is 0 Å². The number of carbonyl (C=O) groups is 1. The molecule has 0 radical (unpaired) electrons. The number of amides is 1. The summed E-state index contributed by atoms with van der Waals surface area (Å²) in [5.41, 5.74) is 1.00. The number of carbonyl (C=O) groups excluding carboxylic acids is 1. The standard InChI is InChI=1S/C11H15ClN2O/c1-8(14-7-11(15)13-2)9-5-3-4-6-10(9)12/h3-6,8,14H,7H2,1-2H3,(H,13,15)/t8-/m0/s1. The molecule has 0 saturated heterocycles. The van der Waals surface area contributed by atoms with Gasteiger partial charge in [-0.1, -0.05) is 29.8 Å². The van der Waals surface area contributed by atoms with Crippen LogP contribution in [0.25, 0.3) is 0 Å². The minimum atomic E-state index is -0.0334. The number of benzene rings is 1. The van der Waals surface area contributed by atoms with Crippen molar-refractivity contribution in [2.24, 2.45) is 0 Å². The molecule has 0 saturated carbocycles. The molecule has 4 heteroatoms. The summed E-state index contributed by atoms with van der Waals surface area (Å²) < 4.78 is 0. The van der Waals surface area contributed by atoms with Crippen LogP contribution in [0.4, 0.5) is 0 Å². The van der Waals surface area contributed by atoms with E-state index in [1.807, 2.05) is 31.2 Å². The van der Waals surface area contributed by atoms with E-state index in [-0.39, 0.29) is 11.9 Å². The molecule has 2 N–H and O–H groups in total. The summed E-state index contributed by atoms with van der Waals surface area (Å²) in [7, 11) is 1.62. The number of likely N-dealkylation sites (N-methyl/N-ethyl adjacent to an activating group) is 1. The Bertz CT molecular complexity index is 341. The molecule has 1 amide bonds. The lowest BCUT2D eigenvalue weighted by atomic mass is 10.1. The van der Waals surface area contributed by atoms with Crippen molar-refractivity contribution in [2.75, 3.05) is 13.6 Å². The zero-order valence-corrected chi connectivity index (χ0v) is 9.64. The smallest absolute Gasteiger partial charge is 0.233 e. The predicted molar refractivity (Wildman–Crippen MR) is 61.9 cm³/mol. The van der Waals surface area contributed by atoms with Gasteiger partial charge in [0, 0.05) is 18.1 Å². The van der Waals surface area contributed by atoms with Crippen molar-refractivity contribution in [3.8, 4) is 0 Å². The summed E-state index contributed by atoms with van der Waals surface area (Å²) in [6.07, 6.45) is 0. The van der Waals surface area contributed by atoms with Crippen molar-refractivity contribution in [2.45, 2.75) is 13.0 Å². The molecule has 0 aromatic heterocycles. The fourth-order valence-corrected chi connectivity index (χ4v) is 1.57. The van der Waals surface area contributed by atoms with Crippen LogP contribution in [0.1, 0.15) is 18.5 Å². The summed E-state index contributed by atoms with van der Waals surface area (Å²) in [5.74, 6) is -0.0334. The highest BCUT2D eigenvalue weighted by Crippen LogP contribution is 2.21. The Hall–Kier alpha value is -1.06. The molecule has 0 aliphatic carbocycles. The van der Waals surface area contributed by atoms with Gasteiger partial charge in [0.25, 0.3) is 0 Å². The molecule has 3 nitrogen and oxygen atoms in total. The van der Waals surface area contributed by atoms with Gasteiger partial charge in [-0.15, -0.1) is 0 Å². The van der Waals surface area contributed by atoms with E-state index in [9.17, 15) is 4.79 Å². The molecule has 0 bridgehead atoms. The van der Waals surface area contributed by atoms with Crippen LogP contribution in [0, 0.1) is 0 Å². The van der Waals surface area contributed by atoms with Crippen molar-refractivity contribution in [3.63, 3.8) is 0 Å². The second-order valence-electron chi connectivity index (χ2n) is 3.30. The molecule has 0 fully saturated rings. The summed E-state index contributed by atoms with van der Waals surface area (Å²) >= 11 is 6.03. The van der Waals surface area contributed by atoms with Gasteiger partial charge in [0.2, 0.25) is 5.91 Å². The van der Waals surface area contributed by atoms with Gasteiger partial charge in [-0.2, -0.15) is 0 Å². The second kappa shape index (κ2) is 5.73. The highest BCUT2D eigenvalue weighted by atomic mass is 35.5.